The maximum Gasteiger partial charge on any atom is 0.109 e. The van der Waals surface area contributed by atoms with Gasteiger partial charge in [-0.3, -0.25) is 4.90 Å². The van der Waals surface area contributed by atoms with Crippen LogP contribution in [0.5, 0.6) is 0 Å². The summed E-state index contributed by atoms with van der Waals surface area (Å²) in [4.78, 5) is 1.87. The largest absolute Gasteiger partial charge is 0.395 e. The van der Waals surface area contributed by atoms with Crippen LogP contribution < -0.4 is 0 Å². The first kappa shape index (κ1) is 18.8. The van der Waals surface area contributed by atoms with Crippen LogP contribution in [0, 0.1) is 0 Å². The van der Waals surface area contributed by atoms with E-state index in [0.717, 1.165) is 45.3 Å². The summed E-state index contributed by atoms with van der Waals surface area (Å²) in [7, 11) is 0. The molecule has 0 aromatic rings. The third-order valence-electron chi connectivity index (χ3n) is 4.05. The van der Waals surface area contributed by atoms with Gasteiger partial charge < -0.3 is 25.2 Å². The molecule has 0 saturated carbocycles. The van der Waals surface area contributed by atoms with Crippen LogP contribution in [-0.2, 0) is 4.74 Å². The van der Waals surface area contributed by atoms with Crippen molar-refractivity contribution in [3.63, 3.8) is 0 Å². The van der Waals surface area contributed by atoms with Gasteiger partial charge in [0.1, 0.15) is 12.2 Å². The minimum Gasteiger partial charge on any atom is -0.395 e. The molecule has 4 atom stereocenters. The van der Waals surface area contributed by atoms with Gasteiger partial charge in [0.05, 0.1) is 18.8 Å². The molecule has 126 valence electrons. The molecule has 0 amide bonds. The summed E-state index contributed by atoms with van der Waals surface area (Å²) in [5.74, 6) is 0. The van der Waals surface area contributed by atoms with Gasteiger partial charge in [0.2, 0.25) is 0 Å². The monoisotopic (exact) mass is 305 g/mol. The fraction of sp³-hybridized carbons (Fsp3) is 1.00. The normalized spacial score (nSPS) is 30.7. The van der Waals surface area contributed by atoms with Gasteiger partial charge >= 0.3 is 0 Å². The number of hydrogen-bond acceptors (Lipinski definition) is 6. The lowest BCUT2D eigenvalue weighted by Crippen LogP contribution is -2.62. The van der Waals surface area contributed by atoms with E-state index >= 15 is 0 Å². The van der Waals surface area contributed by atoms with Gasteiger partial charge in [0.15, 0.2) is 0 Å². The van der Waals surface area contributed by atoms with Crippen molar-refractivity contribution in [2.24, 2.45) is 0 Å². The second-order valence-corrected chi connectivity index (χ2v) is 5.82. The highest BCUT2D eigenvalue weighted by Gasteiger charge is 2.40. The van der Waals surface area contributed by atoms with Gasteiger partial charge in [0, 0.05) is 19.8 Å². The first-order valence-corrected chi connectivity index (χ1v) is 8.08. The summed E-state index contributed by atoms with van der Waals surface area (Å²) in [6.45, 7) is 4.52. The zero-order valence-electron chi connectivity index (χ0n) is 13.0. The van der Waals surface area contributed by atoms with E-state index in [-0.39, 0.29) is 6.61 Å². The second kappa shape index (κ2) is 10.5. The molecule has 1 fully saturated rings. The van der Waals surface area contributed by atoms with E-state index in [1.165, 1.54) is 0 Å². The van der Waals surface area contributed by atoms with Crippen LogP contribution in [0.2, 0.25) is 0 Å². The number of rotatable bonds is 10. The lowest BCUT2D eigenvalue weighted by atomic mass is 9.94. The van der Waals surface area contributed by atoms with Crippen LogP contribution in [0.15, 0.2) is 0 Å². The van der Waals surface area contributed by atoms with Crippen LogP contribution in [-0.4, -0.2) is 82.6 Å². The number of likely N-dealkylation sites (tertiary alicyclic amines) is 1. The zero-order valence-corrected chi connectivity index (χ0v) is 13.0. The molecule has 21 heavy (non-hydrogen) atoms. The number of unbranched alkanes of at least 4 members (excludes halogenated alkanes) is 3. The molecule has 6 heteroatoms. The minimum atomic E-state index is -1.17. The topological polar surface area (TPSA) is 93.4 Å². The first-order chi connectivity index (χ1) is 10.1. The van der Waals surface area contributed by atoms with Crippen LogP contribution in [0.25, 0.3) is 0 Å². The number of β-amino-alcohol motifs (C(OH)–C–C–N with tert-alkyl or cyclic N) is 1. The molecule has 0 aromatic carbocycles. The van der Waals surface area contributed by atoms with E-state index in [4.69, 9.17) is 4.74 Å². The van der Waals surface area contributed by atoms with Crippen LogP contribution >= 0.6 is 0 Å². The minimum absolute atomic E-state index is 0.212. The van der Waals surface area contributed by atoms with E-state index in [2.05, 4.69) is 6.92 Å². The lowest BCUT2D eigenvalue weighted by Gasteiger charge is -2.43. The smallest absolute Gasteiger partial charge is 0.109 e. The Hall–Kier alpha value is -0.240. The molecule has 0 unspecified atom stereocenters. The predicted octanol–water partition coefficient (Wildman–Crippen LogP) is -0.267. The predicted molar refractivity (Wildman–Crippen MR) is 80.0 cm³/mol. The summed E-state index contributed by atoms with van der Waals surface area (Å²) in [6, 6.07) is -0.490. The Labute approximate surface area is 127 Å². The Morgan fingerprint density at radius 3 is 2.38 bits per heavy atom. The summed E-state index contributed by atoms with van der Waals surface area (Å²) in [5, 5.41) is 38.6. The fourth-order valence-corrected chi connectivity index (χ4v) is 2.75. The summed E-state index contributed by atoms with van der Waals surface area (Å²) in [6.07, 6.45) is 1.97. The number of aliphatic hydroxyl groups excluding tert-OH is 4. The third-order valence-corrected chi connectivity index (χ3v) is 4.05. The van der Waals surface area contributed by atoms with E-state index in [9.17, 15) is 20.4 Å². The molecule has 0 bridgehead atoms. The Bertz CT molecular complexity index is 266. The van der Waals surface area contributed by atoms with Crippen molar-refractivity contribution in [1.29, 1.82) is 0 Å². The molecule has 1 rings (SSSR count). The fourth-order valence-electron chi connectivity index (χ4n) is 2.75. The highest BCUT2D eigenvalue weighted by molar-refractivity contribution is 4.93. The maximum atomic E-state index is 9.87. The second-order valence-electron chi connectivity index (χ2n) is 5.82. The standard InChI is InChI=1S/C15H31NO5/c1-2-8-21-9-6-4-3-5-7-16-10-13(18)15(20)14(19)12(16)11-17/h12-15,17-20H,2-11H2,1H3/t12-,13-,14+,15+/m0/s1. The molecule has 0 radical (unpaired) electrons. The molecule has 1 aliphatic heterocycles. The zero-order chi connectivity index (χ0) is 15.7. The van der Waals surface area contributed by atoms with Crippen molar-refractivity contribution in [3.8, 4) is 0 Å². The molecule has 1 heterocycles. The highest BCUT2D eigenvalue weighted by Crippen LogP contribution is 2.19. The van der Waals surface area contributed by atoms with E-state index < -0.39 is 24.4 Å². The van der Waals surface area contributed by atoms with Gasteiger partial charge in [-0.15, -0.1) is 0 Å². The van der Waals surface area contributed by atoms with Crippen LogP contribution in [0.1, 0.15) is 39.0 Å². The highest BCUT2D eigenvalue weighted by atomic mass is 16.5. The van der Waals surface area contributed by atoms with Crippen molar-refractivity contribution in [2.75, 3.05) is 32.9 Å². The molecule has 0 aliphatic carbocycles. The Balaban J connectivity index is 2.18. The quantitative estimate of drug-likeness (QED) is 0.415. The van der Waals surface area contributed by atoms with Gasteiger partial charge in [-0.1, -0.05) is 19.8 Å². The summed E-state index contributed by atoms with van der Waals surface area (Å²) >= 11 is 0. The number of ether oxygens (including phenoxy) is 1. The van der Waals surface area contributed by atoms with Crippen LogP contribution in [0.3, 0.4) is 0 Å². The SMILES string of the molecule is CCCOCCCCCCN1C[C@H](O)[C@@H](O)[C@H](O)[C@@H]1CO. The molecule has 1 saturated heterocycles. The molecular weight excluding hydrogens is 274 g/mol. The number of hydrogen-bond donors (Lipinski definition) is 4. The Kier molecular flexibility index (Phi) is 9.39. The van der Waals surface area contributed by atoms with Gasteiger partial charge in [-0.25, -0.2) is 0 Å². The third kappa shape index (κ3) is 6.18. The van der Waals surface area contributed by atoms with Gasteiger partial charge in [-0.05, 0) is 25.8 Å². The van der Waals surface area contributed by atoms with E-state index in [1.807, 2.05) is 4.90 Å². The van der Waals surface area contributed by atoms with Crippen molar-refractivity contribution in [2.45, 2.75) is 63.4 Å². The summed E-state index contributed by atoms with van der Waals surface area (Å²) < 4.78 is 5.42. The van der Waals surface area contributed by atoms with Gasteiger partial charge in [-0.2, -0.15) is 0 Å². The molecule has 6 nitrogen and oxygen atoms in total. The number of nitrogens with zero attached hydrogens (tertiary/aromatic N) is 1. The van der Waals surface area contributed by atoms with E-state index in [1.54, 1.807) is 0 Å². The number of aliphatic hydroxyl groups is 4. The average molecular weight is 305 g/mol. The molecular formula is C15H31NO5. The lowest BCUT2D eigenvalue weighted by molar-refractivity contribution is -0.145. The van der Waals surface area contributed by atoms with Crippen molar-refractivity contribution in [1.82, 2.24) is 4.90 Å². The number of piperidine rings is 1. The Morgan fingerprint density at radius 2 is 1.71 bits per heavy atom. The van der Waals surface area contributed by atoms with Crippen LogP contribution in [0.4, 0.5) is 0 Å². The molecule has 1 aliphatic rings. The Morgan fingerprint density at radius 1 is 1.00 bits per heavy atom. The van der Waals surface area contributed by atoms with Gasteiger partial charge in [0.25, 0.3) is 0 Å². The van der Waals surface area contributed by atoms with Crippen molar-refractivity contribution < 1.29 is 25.2 Å². The van der Waals surface area contributed by atoms with Crippen molar-refractivity contribution in [3.05, 3.63) is 0 Å². The molecule has 0 aromatic heterocycles. The molecule has 0 spiro atoms. The van der Waals surface area contributed by atoms with Crippen molar-refractivity contribution >= 4 is 0 Å². The first-order valence-electron chi connectivity index (χ1n) is 8.08. The average Bonchev–Trinajstić information content (AvgIpc) is 2.48. The van der Waals surface area contributed by atoms with E-state index in [0.29, 0.717) is 13.1 Å². The maximum absolute atomic E-state index is 9.87. The molecule has 4 N–H and O–H groups in total. The summed E-state index contributed by atoms with van der Waals surface area (Å²) in [5.41, 5.74) is 0.